The van der Waals surface area contributed by atoms with Gasteiger partial charge in [0.15, 0.2) is 5.96 Å². The second-order valence-electron chi connectivity index (χ2n) is 4.20. The molecule has 0 radical (unpaired) electrons. The van der Waals surface area contributed by atoms with E-state index >= 15 is 0 Å². The predicted octanol–water partition coefficient (Wildman–Crippen LogP) is -0.551. The quantitative estimate of drug-likeness (QED) is 0.441. The maximum atomic E-state index is 5.50. The Labute approximate surface area is 96.6 Å². The van der Waals surface area contributed by atoms with Gasteiger partial charge in [-0.2, -0.15) is 4.99 Å². The van der Waals surface area contributed by atoms with Crippen LogP contribution in [-0.2, 0) is 0 Å². The minimum Gasteiger partial charge on any atom is -0.370 e. The van der Waals surface area contributed by atoms with E-state index in [2.05, 4.69) is 21.9 Å². The zero-order valence-electron chi connectivity index (χ0n) is 9.89. The number of guanidine groups is 2. The molecule has 1 saturated carbocycles. The van der Waals surface area contributed by atoms with Crippen LogP contribution in [-0.4, -0.2) is 43.0 Å². The molecule has 92 valence electrons. The highest BCUT2D eigenvalue weighted by Gasteiger charge is 2.18. The molecule has 16 heavy (non-hydrogen) atoms. The molecule has 1 aliphatic carbocycles. The summed E-state index contributed by atoms with van der Waals surface area (Å²) in [7, 11) is 2.13. The molecule has 0 heterocycles. The van der Waals surface area contributed by atoms with Gasteiger partial charge in [0.25, 0.3) is 0 Å². The van der Waals surface area contributed by atoms with Gasteiger partial charge in [0.2, 0.25) is 5.96 Å². The molecule has 0 aromatic rings. The fourth-order valence-corrected chi connectivity index (χ4v) is 2.02. The maximum absolute atomic E-state index is 5.50. The molecule has 0 aliphatic heterocycles. The lowest BCUT2D eigenvalue weighted by atomic mass is 10.2. The summed E-state index contributed by atoms with van der Waals surface area (Å²) in [5, 5.41) is 0. The average Bonchev–Trinajstić information content (AvgIpc) is 2.68. The van der Waals surface area contributed by atoms with Crippen LogP contribution in [0, 0.1) is 0 Å². The molecule has 0 amide bonds. The monoisotopic (exact) mass is 226 g/mol. The van der Waals surface area contributed by atoms with Gasteiger partial charge in [-0.3, -0.25) is 4.99 Å². The molecule has 1 aliphatic rings. The van der Waals surface area contributed by atoms with Crippen LogP contribution in [0.4, 0.5) is 0 Å². The summed E-state index contributed by atoms with van der Waals surface area (Å²) < 4.78 is 0. The van der Waals surface area contributed by atoms with Crippen LogP contribution in [0.25, 0.3) is 0 Å². The molecule has 1 rings (SSSR count). The Balaban J connectivity index is 2.26. The SMILES string of the molecule is CN(CCN=C(N)N=C(N)N)C1CCCC1. The Kier molecular flexibility index (Phi) is 5.04. The molecule has 0 bridgehead atoms. The van der Waals surface area contributed by atoms with Crippen molar-refractivity contribution in [3.05, 3.63) is 0 Å². The molecule has 1 fully saturated rings. The van der Waals surface area contributed by atoms with Gasteiger partial charge in [0.05, 0.1) is 6.54 Å². The lowest BCUT2D eigenvalue weighted by Gasteiger charge is -2.22. The Morgan fingerprint density at radius 3 is 2.44 bits per heavy atom. The van der Waals surface area contributed by atoms with E-state index in [-0.39, 0.29) is 11.9 Å². The van der Waals surface area contributed by atoms with Crippen LogP contribution in [0.5, 0.6) is 0 Å². The third-order valence-corrected chi connectivity index (χ3v) is 2.92. The van der Waals surface area contributed by atoms with Crippen molar-refractivity contribution in [3.63, 3.8) is 0 Å². The van der Waals surface area contributed by atoms with Crippen LogP contribution < -0.4 is 17.2 Å². The summed E-state index contributed by atoms with van der Waals surface area (Å²) in [6, 6.07) is 0.708. The molecule has 6 nitrogen and oxygen atoms in total. The van der Waals surface area contributed by atoms with Crippen LogP contribution in [0.15, 0.2) is 9.98 Å². The Bertz CT molecular complexity index is 262. The maximum Gasteiger partial charge on any atom is 0.218 e. The topological polar surface area (TPSA) is 106 Å². The van der Waals surface area contributed by atoms with Gasteiger partial charge < -0.3 is 22.1 Å². The van der Waals surface area contributed by atoms with E-state index in [9.17, 15) is 0 Å². The number of nitrogens with two attached hydrogens (primary N) is 3. The Morgan fingerprint density at radius 1 is 1.25 bits per heavy atom. The van der Waals surface area contributed by atoms with Crippen LogP contribution in [0.1, 0.15) is 25.7 Å². The van der Waals surface area contributed by atoms with Gasteiger partial charge in [-0.1, -0.05) is 12.8 Å². The molecular weight excluding hydrogens is 204 g/mol. The predicted molar refractivity (Wildman–Crippen MR) is 67.2 cm³/mol. The summed E-state index contributed by atoms with van der Waals surface area (Å²) in [6.45, 7) is 1.53. The van der Waals surface area contributed by atoms with Crippen molar-refractivity contribution >= 4 is 11.9 Å². The number of likely N-dealkylation sites (N-methyl/N-ethyl adjacent to an activating group) is 1. The summed E-state index contributed by atoms with van der Waals surface area (Å²) in [5.41, 5.74) is 15.9. The normalized spacial score (nSPS) is 18.0. The first-order valence-electron chi connectivity index (χ1n) is 5.69. The highest BCUT2D eigenvalue weighted by atomic mass is 15.2. The number of aliphatic imine (C=N–C) groups is 2. The first kappa shape index (κ1) is 12.8. The highest BCUT2D eigenvalue weighted by molar-refractivity contribution is 5.92. The fourth-order valence-electron chi connectivity index (χ4n) is 2.02. The second kappa shape index (κ2) is 6.32. The Hall–Kier alpha value is -1.30. The van der Waals surface area contributed by atoms with Crippen molar-refractivity contribution in [2.75, 3.05) is 20.1 Å². The fraction of sp³-hybridized carbons (Fsp3) is 0.800. The summed E-state index contributed by atoms with van der Waals surface area (Å²) in [4.78, 5) is 10.1. The van der Waals surface area contributed by atoms with E-state index in [0.717, 1.165) is 6.54 Å². The third-order valence-electron chi connectivity index (χ3n) is 2.92. The molecule has 6 heteroatoms. The van der Waals surface area contributed by atoms with Crippen molar-refractivity contribution in [1.29, 1.82) is 0 Å². The molecule has 0 saturated heterocycles. The molecular formula is C10H22N6. The van der Waals surface area contributed by atoms with Crippen molar-refractivity contribution in [1.82, 2.24) is 4.90 Å². The van der Waals surface area contributed by atoms with Crippen LogP contribution >= 0.6 is 0 Å². The van der Waals surface area contributed by atoms with Crippen molar-refractivity contribution < 1.29 is 0 Å². The zero-order valence-corrected chi connectivity index (χ0v) is 9.89. The minimum absolute atomic E-state index is 0.0506. The van der Waals surface area contributed by atoms with E-state index in [1.165, 1.54) is 25.7 Å². The minimum atomic E-state index is -0.0506. The first-order chi connectivity index (χ1) is 7.59. The van der Waals surface area contributed by atoms with Crippen LogP contribution in [0.2, 0.25) is 0 Å². The number of nitrogens with zero attached hydrogens (tertiary/aromatic N) is 3. The van der Waals surface area contributed by atoms with E-state index < -0.39 is 0 Å². The second-order valence-corrected chi connectivity index (χ2v) is 4.20. The third kappa shape index (κ3) is 4.48. The lowest BCUT2D eigenvalue weighted by molar-refractivity contribution is 0.252. The van der Waals surface area contributed by atoms with Gasteiger partial charge in [0, 0.05) is 12.6 Å². The molecule has 0 atom stereocenters. The van der Waals surface area contributed by atoms with Gasteiger partial charge in [-0.25, -0.2) is 0 Å². The first-order valence-corrected chi connectivity index (χ1v) is 5.69. The van der Waals surface area contributed by atoms with Crippen molar-refractivity contribution in [2.45, 2.75) is 31.7 Å². The smallest absolute Gasteiger partial charge is 0.218 e. The van der Waals surface area contributed by atoms with E-state index in [0.29, 0.717) is 12.6 Å². The van der Waals surface area contributed by atoms with E-state index in [1.54, 1.807) is 0 Å². The van der Waals surface area contributed by atoms with E-state index in [1.807, 2.05) is 0 Å². The highest BCUT2D eigenvalue weighted by Crippen LogP contribution is 2.21. The van der Waals surface area contributed by atoms with Gasteiger partial charge in [-0.15, -0.1) is 0 Å². The largest absolute Gasteiger partial charge is 0.370 e. The standard InChI is InChI=1S/C10H22N6/c1-16(8-4-2-3-5-8)7-6-14-10(13)15-9(11)12/h8H,2-7H2,1H3,(H6,11,12,13,14,15). The molecule has 0 aromatic heterocycles. The average molecular weight is 226 g/mol. The van der Waals surface area contributed by atoms with E-state index in [4.69, 9.17) is 17.2 Å². The van der Waals surface area contributed by atoms with Crippen LogP contribution in [0.3, 0.4) is 0 Å². The zero-order chi connectivity index (χ0) is 12.0. The molecule has 0 spiro atoms. The number of rotatable bonds is 4. The summed E-state index contributed by atoms with van der Waals surface area (Å²) in [5.74, 6) is 0.102. The molecule has 0 unspecified atom stereocenters. The Morgan fingerprint density at radius 2 is 1.88 bits per heavy atom. The molecule has 6 N–H and O–H groups in total. The number of hydrogen-bond donors (Lipinski definition) is 3. The van der Waals surface area contributed by atoms with Gasteiger partial charge >= 0.3 is 0 Å². The summed E-state index contributed by atoms with van der Waals surface area (Å²) in [6.07, 6.45) is 5.27. The van der Waals surface area contributed by atoms with Crippen molar-refractivity contribution in [3.8, 4) is 0 Å². The lowest BCUT2D eigenvalue weighted by Crippen LogP contribution is -2.32. The van der Waals surface area contributed by atoms with Gasteiger partial charge in [0.1, 0.15) is 0 Å². The number of hydrogen-bond acceptors (Lipinski definition) is 2. The van der Waals surface area contributed by atoms with Crippen molar-refractivity contribution in [2.24, 2.45) is 27.2 Å². The molecule has 0 aromatic carbocycles. The van der Waals surface area contributed by atoms with Gasteiger partial charge in [-0.05, 0) is 19.9 Å². The summed E-state index contributed by atoms with van der Waals surface area (Å²) >= 11 is 0.